The number of hydrogen-bond acceptors (Lipinski definition) is 6. The van der Waals surface area contributed by atoms with E-state index in [1.807, 2.05) is 0 Å². The number of benzene rings is 3. The molecule has 0 spiro atoms. The molecule has 0 amide bonds. The lowest BCUT2D eigenvalue weighted by molar-refractivity contribution is 0.0683. The van der Waals surface area contributed by atoms with Crippen molar-refractivity contribution in [3.05, 3.63) is 71.8 Å². The number of nitrogens with two attached hydrogens (primary N) is 2. The zero-order valence-electron chi connectivity index (χ0n) is 14.5. The van der Waals surface area contributed by atoms with Crippen molar-refractivity contribution in [2.24, 2.45) is 0 Å². The molecule has 0 saturated carbocycles. The second kappa shape index (κ2) is 7.58. The van der Waals surface area contributed by atoms with E-state index in [-0.39, 0.29) is 22.6 Å². The molecule has 0 fully saturated rings. The maximum absolute atomic E-state index is 11.3. The summed E-state index contributed by atoms with van der Waals surface area (Å²) in [5.74, 6) is -1.30. The summed E-state index contributed by atoms with van der Waals surface area (Å²) in [6.07, 6.45) is 0. The highest BCUT2D eigenvalue weighted by Gasteiger charge is 2.14. The third kappa shape index (κ3) is 4.13. The molecular formula is C20H16N2O6. The van der Waals surface area contributed by atoms with E-state index in [9.17, 15) is 19.8 Å². The van der Waals surface area contributed by atoms with Crippen molar-refractivity contribution in [1.29, 1.82) is 0 Å². The number of carboxylic acids is 2. The van der Waals surface area contributed by atoms with Gasteiger partial charge in [-0.2, -0.15) is 0 Å². The summed E-state index contributed by atoms with van der Waals surface area (Å²) in [7, 11) is 0. The number of ether oxygens (including phenoxy) is 2. The molecule has 8 nitrogen and oxygen atoms in total. The number of nitrogen functional groups attached to an aromatic ring is 2. The molecule has 0 aliphatic rings. The molecule has 8 heteroatoms. The van der Waals surface area contributed by atoms with Crippen LogP contribution in [0.25, 0.3) is 0 Å². The zero-order chi connectivity index (χ0) is 20.3. The van der Waals surface area contributed by atoms with Gasteiger partial charge in [-0.3, -0.25) is 0 Å². The van der Waals surface area contributed by atoms with Crippen LogP contribution in [0.1, 0.15) is 20.7 Å². The van der Waals surface area contributed by atoms with Crippen LogP contribution >= 0.6 is 0 Å². The van der Waals surface area contributed by atoms with E-state index < -0.39 is 11.9 Å². The molecule has 0 saturated heterocycles. The fourth-order valence-corrected chi connectivity index (χ4v) is 2.44. The maximum Gasteiger partial charge on any atom is 0.339 e. The molecule has 142 valence electrons. The molecule has 0 heterocycles. The highest BCUT2D eigenvalue weighted by atomic mass is 16.5. The average Bonchev–Trinajstić information content (AvgIpc) is 2.65. The Hall–Kier alpha value is -4.20. The highest BCUT2D eigenvalue weighted by molar-refractivity contribution is 5.92. The lowest BCUT2D eigenvalue weighted by Crippen LogP contribution is -2.02. The first-order chi connectivity index (χ1) is 13.3. The van der Waals surface area contributed by atoms with E-state index in [0.717, 1.165) is 0 Å². The van der Waals surface area contributed by atoms with Crippen molar-refractivity contribution in [1.82, 2.24) is 0 Å². The van der Waals surface area contributed by atoms with Crippen molar-refractivity contribution in [3.63, 3.8) is 0 Å². The van der Waals surface area contributed by atoms with Gasteiger partial charge in [-0.1, -0.05) is 0 Å². The van der Waals surface area contributed by atoms with Crippen LogP contribution < -0.4 is 20.9 Å². The number of hydrogen-bond donors (Lipinski definition) is 4. The van der Waals surface area contributed by atoms with Crippen LogP contribution in [-0.4, -0.2) is 22.2 Å². The topological polar surface area (TPSA) is 145 Å². The molecule has 0 unspecified atom stereocenters. The Kier molecular flexibility index (Phi) is 5.03. The monoisotopic (exact) mass is 380 g/mol. The normalized spacial score (nSPS) is 10.3. The quantitative estimate of drug-likeness (QED) is 0.472. The smallest absolute Gasteiger partial charge is 0.339 e. The lowest BCUT2D eigenvalue weighted by Gasteiger charge is -2.12. The van der Waals surface area contributed by atoms with Gasteiger partial charge in [-0.05, 0) is 60.7 Å². The van der Waals surface area contributed by atoms with Crippen LogP contribution in [0.3, 0.4) is 0 Å². The van der Waals surface area contributed by atoms with Gasteiger partial charge in [0.1, 0.15) is 34.1 Å². The summed E-state index contributed by atoms with van der Waals surface area (Å²) in [4.78, 5) is 22.6. The van der Waals surface area contributed by atoms with Crippen LogP contribution in [0.2, 0.25) is 0 Å². The molecule has 0 atom stereocenters. The first-order valence-electron chi connectivity index (χ1n) is 8.05. The molecule has 0 radical (unpaired) electrons. The van der Waals surface area contributed by atoms with Crippen molar-refractivity contribution >= 4 is 23.3 Å². The van der Waals surface area contributed by atoms with Crippen LogP contribution in [0, 0.1) is 0 Å². The van der Waals surface area contributed by atoms with E-state index in [2.05, 4.69) is 0 Å². The number of anilines is 2. The van der Waals surface area contributed by atoms with Gasteiger partial charge >= 0.3 is 11.9 Å². The summed E-state index contributed by atoms with van der Waals surface area (Å²) < 4.78 is 11.2. The number of carboxylic acid groups (broad SMARTS) is 2. The number of rotatable bonds is 6. The molecule has 0 bridgehead atoms. The van der Waals surface area contributed by atoms with E-state index in [1.165, 1.54) is 36.4 Å². The largest absolute Gasteiger partial charge is 0.478 e. The second-order valence-electron chi connectivity index (χ2n) is 5.80. The van der Waals surface area contributed by atoms with Crippen LogP contribution in [0.4, 0.5) is 11.4 Å². The Morgan fingerprint density at radius 3 is 1.32 bits per heavy atom. The Morgan fingerprint density at radius 1 is 0.643 bits per heavy atom. The van der Waals surface area contributed by atoms with E-state index in [4.69, 9.17) is 20.9 Å². The Balaban J connectivity index is 1.80. The van der Waals surface area contributed by atoms with Gasteiger partial charge in [0.25, 0.3) is 0 Å². The van der Waals surface area contributed by atoms with E-state index >= 15 is 0 Å². The standard InChI is InChI=1S/C20H16N2O6/c21-11-1-7-17(15(9-11)19(23)24)27-13-3-5-14(6-4-13)28-18-8-2-12(22)10-16(18)20(25)26/h1-10H,21-22H2,(H,23,24)(H,25,26). The van der Waals surface area contributed by atoms with Crippen LogP contribution in [0.5, 0.6) is 23.0 Å². The first-order valence-corrected chi connectivity index (χ1v) is 8.05. The van der Waals surface area contributed by atoms with E-state index in [1.54, 1.807) is 24.3 Å². The van der Waals surface area contributed by atoms with Gasteiger partial charge in [-0.15, -0.1) is 0 Å². The summed E-state index contributed by atoms with van der Waals surface area (Å²) in [5.41, 5.74) is 11.7. The zero-order valence-corrected chi connectivity index (χ0v) is 14.5. The Morgan fingerprint density at radius 2 is 1.00 bits per heavy atom. The minimum Gasteiger partial charge on any atom is -0.478 e. The van der Waals surface area contributed by atoms with Gasteiger partial charge in [0.2, 0.25) is 0 Å². The summed E-state index contributed by atoms with van der Waals surface area (Å²) in [6.45, 7) is 0. The molecule has 3 rings (SSSR count). The predicted molar refractivity (Wildman–Crippen MR) is 102 cm³/mol. The van der Waals surface area contributed by atoms with Crippen LogP contribution in [-0.2, 0) is 0 Å². The molecule has 28 heavy (non-hydrogen) atoms. The van der Waals surface area contributed by atoms with Gasteiger partial charge < -0.3 is 31.2 Å². The predicted octanol–water partition coefficient (Wildman–Crippen LogP) is 3.83. The van der Waals surface area contributed by atoms with Crippen molar-refractivity contribution < 1.29 is 29.3 Å². The summed E-state index contributed by atoms with van der Waals surface area (Å²) >= 11 is 0. The molecule has 3 aromatic carbocycles. The molecule has 6 N–H and O–H groups in total. The number of carbonyl (C=O) groups is 2. The fraction of sp³-hybridized carbons (Fsp3) is 0. The van der Waals surface area contributed by atoms with Gasteiger partial charge in [0.15, 0.2) is 0 Å². The Bertz CT molecular complexity index is 963. The third-order valence-electron chi connectivity index (χ3n) is 3.75. The third-order valence-corrected chi connectivity index (χ3v) is 3.75. The average molecular weight is 380 g/mol. The minimum atomic E-state index is -1.16. The minimum absolute atomic E-state index is 0.0618. The fourth-order valence-electron chi connectivity index (χ4n) is 2.44. The first kappa shape index (κ1) is 18.6. The molecule has 0 aromatic heterocycles. The molecular weight excluding hydrogens is 364 g/mol. The lowest BCUT2D eigenvalue weighted by atomic mass is 10.2. The SMILES string of the molecule is Nc1ccc(Oc2ccc(Oc3ccc(N)cc3C(=O)O)cc2)c(C(=O)O)c1. The van der Waals surface area contributed by atoms with Crippen molar-refractivity contribution in [2.45, 2.75) is 0 Å². The van der Waals surface area contributed by atoms with Crippen molar-refractivity contribution in [2.75, 3.05) is 11.5 Å². The van der Waals surface area contributed by atoms with Gasteiger partial charge in [0.05, 0.1) is 0 Å². The van der Waals surface area contributed by atoms with Crippen molar-refractivity contribution in [3.8, 4) is 23.0 Å². The van der Waals surface area contributed by atoms with Gasteiger partial charge in [-0.25, -0.2) is 9.59 Å². The highest BCUT2D eigenvalue weighted by Crippen LogP contribution is 2.31. The van der Waals surface area contributed by atoms with Crippen LogP contribution in [0.15, 0.2) is 60.7 Å². The summed E-state index contributed by atoms with van der Waals surface area (Å²) in [5, 5.41) is 18.5. The molecule has 3 aromatic rings. The Labute approximate surface area is 159 Å². The molecule has 0 aliphatic carbocycles. The summed E-state index contributed by atoms with van der Waals surface area (Å²) in [6, 6.07) is 14.9. The maximum atomic E-state index is 11.3. The van der Waals surface area contributed by atoms with E-state index in [0.29, 0.717) is 22.9 Å². The molecule has 0 aliphatic heterocycles. The second-order valence-corrected chi connectivity index (χ2v) is 5.80. The van der Waals surface area contributed by atoms with Gasteiger partial charge in [0, 0.05) is 11.4 Å². The number of aromatic carboxylic acids is 2.